The SMILES string of the molecule is CCOC(=O)c1ccc(Oc2cccc(C)c2)c(NC(C)=O)c1. The summed E-state index contributed by atoms with van der Waals surface area (Å²) in [6.45, 7) is 5.39. The van der Waals surface area contributed by atoms with Gasteiger partial charge < -0.3 is 14.8 Å². The van der Waals surface area contributed by atoms with Gasteiger partial charge in [0.25, 0.3) is 0 Å². The van der Waals surface area contributed by atoms with Gasteiger partial charge in [-0.05, 0) is 49.7 Å². The normalized spacial score (nSPS) is 10.0. The topological polar surface area (TPSA) is 64.6 Å². The molecule has 0 saturated heterocycles. The average Bonchev–Trinajstić information content (AvgIpc) is 2.49. The van der Waals surface area contributed by atoms with E-state index in [1.165, 1.54) is 6.92 Å². The first-order valence-corrected chi connectivity index (χ1v) is 7.33. The van der Waals surface area contributed by atoms with Crippen molar-refractivity contribution < 1.29 is 19.1 Å². The highest BCUT2D eigenvalue weighted by Gasteiger charge is 2.13. The number of rotatable bonds is 5. The minimum atomic E-state index is -0.443. The van der Waals surface area contributed by atoms with Crippen LogP contribution in [0.15, 0.2) is 42.5 Å². The minimum Gasteiger partial charge on any atom is -0.462 e. The van der Waals surface area contributed by atoms with E-state index in [0.29, 0.717) is 22.7 Å². The van der Waals surface area contributed by atoms with Crippen LogP contribution in [-0.2, 0) is 9.53 Å². The summed E-state index contributed by atoms with van der Waals surface area (Å²) in [7, 11) is 0. The van der Waals surface area contributed by atoms with Crippen molar-refractivity contribution in [2.24, 2.45) is 0 Å². The van der Waals surface area contributed by atoms with E-state index < -0.39 is 5.97 Å². The van der Waals surface area contributed by atoms with Gasteiger partial charge in [-0.15, -0.1) is 0 Å². The van der Waals surface area contributed by atoms with Crippen LogP contribution in [0.25, 0.3) is 0 Å². The van der Waals surface area contributed by atoms with Crippen LogP contribution in [0, 0.1) is 6.92 Å². The van der Waals surface area contributed by atoms with Gasteiger partial charge in [-0.3, -0.25) is 4.79 Å². The van der Waals surface area contributed by atoms with E-state index >= 15 is 0 Å². The molecule has 120 valence electrons. The van der Waals surface area contributed by atoms with Gasteiger partial charge in [-0.1, -0.05) is 12.1 Å². The maximum absolute atomic E-state index is 11.8. The molecule has 0 spiro atoms. The summed E-state index contributed by atoms with van der Waals surface area (Å²) < 4.78 is 10.8. The van der Waals surface area contributed by atoms with Gasteiger partial charge in [0.1, 0.15) is 5.75 Å². The average molecular weight is 313 g/mol. The lowest BCUT2D eigenvalue weighted by Crippen LogP contribution is -2.10. The van der Waals surface area contributed by atoms with E-state index in [-0.39, 0.29) is 12.5 Å². The van der Waals surface area contributed by atoms with E-state index in [1.54, 1.807) is 25.1 Å². The van der Waals surface area contributed by atoms with Gasteiger partial charge >= 0.3 is 5.97 Å². The van der Waals surface area contributed by atoms with Crippen LogP contribution >= 0.6 is 0 Å². The first-order valence-electron chi connectivity index (χ1n) is 7.33. The third-order valence-corrected chi connectivity index (χ3v) is 3.02. The molecule has 1 N–H and O–H groups in total. The third-order valence-electron chi connectivity index (χ3n) is 3.02. The Morgan fingerprint density at radius 1 is 1.13 bits per heavy atom. The number of hydrogen-bond donors (Lipinski definition) is 1. The van der Waals surface area contributed by atoms with Crippen molar-refractivity contribution in [3.63, 3.8) is 0 Å². The van der Waals surface area contributed by atoms with Crippen LogP contribution in [0.4, 0.5) is 5.69 Å². The van der Waals surface area contributed by atoms with E-state index in [9.17, 15) is 9.59 Å². The molecule has 0 aliphatic heterocycles. The molecule has 5 nitrogen and oxygen atoms in total. The molecule has 0 heterocycles. The minimum absolute atomic E-state index is 0.250. The van der Waals surface area contributed by atoms with Crippen LogP contribution in [0.1, 0.15) is 29.8 Å². The molecule has 0 aliphatic rings. The van der Waals surface area contributed by atoms with E-state index in [1.807, 2.05) is 31.2 Å². The fourth-order valence-corrected chi connectivity index (χ4v) is 2.05. The van der Waals surface area contributed by atoms with E-state index in [4.69, 9.17) is 9.47 Å². The summed E-state index contributed by atoms with van der Waals surface area (Å²) in [5.74, 6) is 0.417. The Morgan fingerprint density at radius 3 is 2.57 bits per heavy atom. The lowest BCUT2D eigenvalue weighted by molar-refractivity contribution is -0.114. The number of nitrogens with one attached hydrogen (secondary N) is 1. The van der Waals surface area contributed by atoms with E-state index in [0.717, 1.165) is 5.56 Å². The second-order valence-electron chi connectivity index (χ2n) is 5.03. The molecule has 0 fully saturated rings. The monoisotopic (exact) mass is 313 g/mol. The van der Waals surface area contributed by atoms with E-state index in [2.05, 4.69) is 5.32 Å². The van der Waals surface area contributed by atoms with Crippen molar-refractivity contribution >= 4 is 17.6 Å². The largest absolute Gasteiger partial charge is 0.462 e. The van der Waals surface area contributed by atoms with Crippen molar-refractivity contribution in [2.75, 3.05) is 11.9 Å². The van der Waals surface area contributed by atoms with Gasteiger partial charge in [0, 0.05) is 6.92 Å². The van der Waals surface area contributed by atoms with Crippen molar-refractivity contribution in [3.05, 3.63) is 53.6 Å². The summed E-state index contributed by atoms with van der Waals surface area (Å²) in [6, 6.07) is 12.3. The predicted molar refractivity (Wildman–Crippen MR) is 88.0 cm³/mol. The number of amides is 1. The molecular formula is C18H19NO4. The predicted octanol–water partition coefficient (Wildman–Crippen LogP) is 3.92. The zero-order valence-electron chi connectivity index (χ0n) is 13.4. The molecular weight excluding hydrogens is 294 g/mol. The number of carbonyl (C=O) groups is 2. The molecule has 2 aromatic carbocycles. The van der Waals surface area contributed by atoms with Crippen molar-refractivity contribution in [2.45, 2.75) is 20.8 Å². The molecule has 0 saturated carbocycles. The maximum atomic E-state index is 11.8. The smallest absolute Gasteiger partial charge is 0.338 e. The summed E-state index contributed by atoms with van der Waals surface area (Å²) in [5, 5.41) is 2.67. The van der Waals surface area contributed by atoms with Crippen molar-refractivity contribution in [1.82, 2.24) is 0 Å². The van der Waals surface area contributed by atoms with Gasteiger partial charge in [-0.25, -0.2) is 4.79 Å². The highest BCUT2D eigenvalue weighted by molar-refractivity contribution is 5.95. The second kappa shape index (κ2) is 7.45. The molecule has 23 heavy (non-hydrogen) atoms. The lowest BCUT2D eigenvalue weighted by atomic mass is 10.1. The van der Waals surface area contributed by atoms with Crippen LogP contribution in [0.2, 0.25) is 0 Å². The van der Waals surface area contributed by atoms with Gasteiger partial charge in [0.2, 0.25) is 5.91 Å². The van der Waals surface area contributed by atoms with Crippen LogP contribution in [0.5, 0.6) is 11.5 Å². The molecule has 0 atom stereocenters. The molecule has 1 amide bonds. The quantitative estimate of drug-likeness (QED) is 0.850. The number of aryl methyl sites for hydroxylation is 1. The third kappa shape index (κ3) is 4.57. The molecule has 0 aromatic heterocycles. The van der Waals surface area contributed by atoms with Crippen LogP contribution in [-0.4, -0.2) is 18.5 Å². The molecule has 5 heteroatoms. The number of ether oxygens (including phenoxy) is 2. The van der Waals surface area contributed by atoms with Crippen molar-refractivity contribution in [1.29, 1.82) is 0 Å². The molecule has 0 radical (unpaired) electrons. The Morgan fingerprint density at radius 2 is 1.91 bits per heavy atom. The zero-order chi connectivity index (χ0) is 16.8. The fraction of sp³-hybridized carbons (Fsp3) is 0.222. The Hall–Kier alpha value is -2.82. The highest BCUT2D eigenvalue weighted by atomic mass is 16.5. The number of anilines is 1. The number of esters is 1. The van der Waals surface area contributed by atoms with Crippen molar-refractivity contribution in [3.8, 4) is 11.5 Å². The second-order valence-corrected chi connectivity index (χ2v) is 5.03. The Labute approximate surface area is 135 Å². The first kappa shape index (κ1) is 16.5. The van der Waals surface area contributed by atoms with Crippen LogP contribution < -0.4 is 10.1 Å². The maximum Gasteiger partial charge on any atom is 0.338 e. The first-order chi connectivity index (χ1) is 11.0. The van der Waals surface area contributed by atoms with Gasteiger partial charge in [0.05, 0.1) is 17.9 Å². The number of carbonyl (C=O) groups excluding carboxylic acids is 2. The number of hydrogen-bond acceptors (Lipinski definition) is 4. The lowest BCUT2D eigenvalue weighted by Gasteiger charge is -2.13. The molecule has 0 bridgehead atoms. The van der Waals surface area contributed by atoms with Crippen LogP contribution in [0.3, 0.4) is 0 Å². The zero-order valence-corrected chi connectivity index (χ0v) is 13.4. The summed E-state index contributed by atoms with van der Waals surface area (Å²) in [6.07, 6.45) is 0. The molecule has 0 aliphatic carbocycles. The highest BCUT2D eigenvalue weighted by Crippen LogP contribution is 2.31. The summed E-state index contributed by atoms with van der Waals surface area (Å²) in [4.78, 5) is 23.2. The fourth-order valence-electron chi connectivity index (χ4n) is 2.05. The number of benzene rings is 2. The Kier molecular flexibility index (Phi) is 5.36. The molecule has 2 rings (SSSR count). The molecule has 0 unspecified atom stereocenters. The standard InChI is InChI=1S/C18H19NO4/c1-4-22-18(21)14-8-9-17(16(11-14)19-13(3)20)23-15-7-5-6-12(2)10-15/h5-11H,4H2,1-3H3,(H,19,20). The summed E-state index contributed by atoms with van der Waals surface area (Å²) >= 11 is 0. The van der Waals surface area contributed by atoms with Gasteiger partial charge in [-0.2, -0.15) is 0 Å². The Bertz CT molecular complexity index is 725. The van der Waals surface area contributed by atoms with Gasteiger partial charge in [0.15, 0.2) is 5.75 Å². The summed E-state index contributed by atoms with van der Waals surface area (Å²) in [5.41, 5.74) is 1.84. The molecule has 2 aromatic rings. The Balaban J connectivity index is 2.33.